The van der Waals surface area contributed by atoms with Crippen molar-refractivity contribution in [2.45, 2.75) is 0 Å². The molecule has 0 bridgehead atoms. The molecule has 0 heterocycles. The summed E-state index contributed by atoms with van der Waals surface area (Å²) in [5.74, 6) is -3.34. The highest BCUT2D eigenvalue weighted by atomic mass is 79.9. The van der Waals surface area contributed by atoms with Crippen LogP contribution >= 0.6 is 15.9 Å². The average Bonchev–Trinajstić information content (AvgIpc) is 2.41. The predicted octanol–water partition coefficient (Wildman–Crippen LogP) is 4.31. The van der Waals surface area contributed by atoms with E-state index in [0.717, 1.165) is 12.3 Å². The van der Waals surface area contributed by atoms with Crippen molar-refractivity contribution in [1.82, 2.24) is 0 Å². The summed E-state index contributed by atoms with van der Waals surface area (Å²) in [5.41, 5.74) is 2.70. The van der Waals surface area contributed by atoms with Crippen molar-refractivity contribution < 1.29 is 13.2 Å². The second-order valence-corrected chi connectivity index (χ2v) is 4.47. The summed E-state index contributed by atoms with van der Waals surface area (Å²) in [4.78, 5) is 0. The Kier molecular flexibility index (Phi) is 4.21. The maximum atomic E-state index is 13.5. The Bertz CT molecular complexity index is 615. The third-order valence-electron chi connectivity index (χ3n) is 2.31. The van der Waals surface area contributed by atoms with E-state index in [2.05, 4.69) is 26.5 Å². The summed E-state index contributed by atoms with van der Waals surface area (Å²) >= 11 is 2.72. The summed E-state index contributed by atoms with van der Waals surface area (Å²) in [6.45, 7) is 0. The standard InChI is InChI=1S/C13H8BrF3N2/c14-10-6-11(15)9(12(16)13(10)17)7-18-19-8-4-2-1-3-5-8/h1-7,19H. The Labute approximate surface area is 116 Å². The molecular formula is C13H8BrF3N2. The first kappa shape index (κ1) is 13.6. The van der Waals surface area contributed by atoms with E-state index in [1.807, 2.05) is 6.07 Å². The number of nitrogens with zero attached hydrogens (tertiary/aromatic N) is 1. The highest BCUT2D eigenvalue weighted by Crippen LogP contribution is 2.23. The molecule has 0 aliphatic carbocycles. The monoisotopic (exact) mass is 328 g/mol. The maximum Gasteiger partial charge on any atom is 0.173 e. The van der Waals surface area contributed by atoms with Crippen LogP contribution in [0.3, 0.4) is 0 Å². The molecule has 0 aromatic heterocycles. The lowest BCUT2D eigenvalue weighted by atomic mass is 10.2. The Morgan fingerprint density at radius 2 is 1.74 bits per heavy atom. The van der Waals surface area contributed by atoms with E-state index in [1.54, 1.807) is 24.3 Å². The van der Waals surface area contributed by atoms with Gasteiger partial charge in [-0.15, -0.1) is 0 Å². The van der Waals surface area contributed by atoms with Gasteiger partial charge in [-0.05, 0) is 34.1 Å². The molecule has 6 heteroatoms. The fourth-order valence-corrected chi connectivity index (χ4v) is 1.76. The van der Waals surface area contributed by atoms with Crippen LogP contribution in [0.2, 0.25) is 0 Å². The van der Waals surface area contributed by atoms with Crippen molar-refractivity contribution in [2.75, 3.05) is 5.43 Å². The first-order chi connectivity index (χ1) is 9.09. The minimum atomic E-state index is -1.29. The van der Waals surface area contributed by atoms with Crippen LogP contribution in [0.4, 0.5) is 18.9 Å². The van der Waals surface area contributed by atoms with Gasteiger partial charge in [0.2, 0.25) is 0 Å². The number of anilines is 1. The molecule has 0 fully saturated rings. The molecule has 2 aromatic carbocycles. The topological polar surface area (TPSA) is 24.4 Å². The van der Waals surface area contributed by atoms with Crippen LogP contribution in [0.5, 0.6) is 0 Å². The molecule has 0 aliphatic heterocycles. The van der Waals surface area contributed by atoms with E-state index in [9.17, 15) is 13.2 Å². The Hall–Kier alpha value is -1.82. The molecule has 0 saturated heterocycles. The Morgan fingerprint density at radius 1 is 1.05 bits per heavy atom. The number of hydrogen-bond donors (Lipinski definition) is 1. The van der Waals surface area contributed by atoms with Gasteiger partial charge in [0.15, 0.2) is 11.6 Å². The van der Waals surface area contributed by atoms with E-state index in [1.165, 1.54) is 0 Å². The van der Waals surface area contributed by atoms with Crippen LogP contribution in [0.15, 0.2) is 46.0 Å². The highest BCUT2D eigenvalue weighted by molar-refractivity contribution is 9.10. The van der Waals surface area contributed by atoms with Gasteiger partial charge < -0.3 is 0 Å². The lowest BCUT2D eigenvalue weighted by molar-refractivity contribution is 0.488. The number of benzene rings is 2. The minimum absolute atomic E-state index is 0.268. The van der Waals surface area contributed by atoms with Crippen LogP contribution in [-0.2, 0) is 0 Å². The van der Waals surface area contributed by atoms with E-state index < -0.39 is 23.0 Å². The zero-order chi connectivity index (χ0) is 13.8. The first-order valence-corrected chi connectivity index (χ1v) is 6.06. The van der Waals surface area contributed by atoms with Gasteiger partial charge in [0.05, 0.1) is 21.9 Å². The van der Waals surface area contributed by atoms with E-state index in [0.29, 0.717) is 5.69 Å². The van der Waals surface area contributed by atoms with E-state index >= 15 is 0 Å². The molecule has 2 nitrogen and oxygen atoms in total. The number of para-hydroxylation sites is 1. The van der Waals surface area contributed by atoms with E-state index in [-0.39, 0.29) is 4.47 Å². The van der Waals surface area contributed by atoms with Crippen molar-refractivity contribution in [2.24, 2.45) is 5.10 Å². The van der Waals surface area contributed by atoms with Crippen molar-refractivity contribution in [1.29, 1.82) is 0 Å². The largest absolute Gasteiger partial charge is 0.279 e. The van der Waals surface area contributed by atoms with Crippen molar-refractivity contribution in [3.8, 4) is 0 Å². The zero-order valence-electron chi connectivity index (χ0n) is 9.50. The Balaban J connectivity index is 2.22. The summed E-state index contributed by atoms with van der Waals surface area (Å²) < 4.78 is 39.9. The molecule has 0 unspecified atom stereocenters. The normalized spacial score (nSPS) is 10.9. The summed E-state index contributed by atoms with van der Waals surface area (Å²) in [6, 6.07) is 9.68. The van der Waals surface area contributed by atoms with Gasteiger partial charge in [0.1, 0.15) is 5.82 Å². The molecule has 0 spiro atoms. The predicted molar refractivity (Wildman–Crippen MR) is 71.7 cm³/mol. The van der Waals surface area contributed by atoms with Crippen LogP contribution in [0.1, 0.15) is 5.56 Å². The molecule has 0 atom stereocenters. The highest BCUT2D eigenvalue weighted by Gasteiger charge is 2.15. The van der Waals surface area contributed by atoms with Gasteiger partial charge in [0, 0.05) is 0 Å². The lowest BCUT2D eigenvalue weighted by Gasteiger charge is -2.03. The molecule has 2 rings (SSSR count). The lowest BCUT2D eigenvalue weighted by Crippen LogP contribution is -2.00. The van der Waals surface area contributed by atoms with Crippen molar-refractivity contribution in [3.05, 3.63) is 63.9 Å². The molecule has 1 N–H and O–H groups in total. The minimum Gasteiger partial charge on any atom is -0.279 e. The van der Waals surface area contributed by atoms with Gasteiger partial charge in [-0.2, -0.15) is 5.10 Å². The second-order valence-electron chi connectivity index (χ2n) is 3.62. The van der Waals surface area contributed by atoms with Crippen molar-refractivity contribution in [3.63, 3.8) is 0 Å². The third kappa shape index (κ3) is 3.14. The molecule has 0 amide bonds. The Morgan fingerprint density at radius 3 is 2.42 bits per heavy atom. The summed E-state index contributed by atoms with van der Waals surface area (Å²) in [5, 5.41) is 3.67. The van der Waals surface area contributed by atoms with Gasteiger partial charge in [0.25, 0.3) is 0 Å². The maximum absolute atomic E-state index is 13.5. The van der Waals surface area contributed by atoms with Gasteiger partial charge in [-0.3, -0.25) is 5.43 Å². The summed E-state index contributed by atoms with van der Waals surface area (Å²) in [6.07, 6.45) is 0.896. The van der Waals surface area contributed by atoms with Crippen LogP contribution in [-0.4, -0.2) is 6.21 Å². The fraction of sp³-hybridized carbons (Fsp3) is 0. The average molecular weight is 329 g/mol. The number of rotatable bonds is 3. The molecule has 98 valence electrons. The van der Waals surface area contributed by atoms with Crippen LogP contribution in [0.25, 0.3) is 0 Å². The van der Waals surface area contributed by atoms with E-state index in [4.69, 9.17) is 0 Å². The fourth-order valence-electron chi connectivity index (χ4n) is 1.38. The number of hydrazone groups is 1. The second kappa shape index (κ2) is 5.88. The SMILES string of the molecule is Fc1cc(Br)c(F)c(F)c1C=NNc1ccccc1. The van der Waals surface area contributed by atoms with Crippen molar-refractivity contribution >= 4 is 27.8 Å². The number of hydrogen-bond acceptors (Lipinski definition) is 2. The molecule has 0 radical (unpaired) electrons. The number of halogens is 4. The number of nitrogens with one attached hydrogen (secondary N) is 1. The smallest absolute Gasteiger partial charge is 0.173 e. The molecular weight excluding hydrogens is 321 g/mol. The molecule has 0 aliphatic rings. The zero-order valence-corrected chi connectivity index (χ0v) is 11.1. The summed E-state index contributed by atoms with van der Waals surface area (Å²) in [7, 11) is 0. The molecule has 0 saturated carbocycles. The third-order valence-corrected chi connectivity index (χ3v) is 2.89. The molecule has 19 heavy (non-hydrogen) atoms. The van der Waals surface area contributed by atoms with Crippen LogP contribution in [0, 0.1) is 17.5 Å². The van der Waals surface area contributed by atoms with Gasteiger partial charge in [-0.25, -0.2) is 13.2 Å². The molecule has 2 aromatic rings. The van der Waals surface area contributed by atoms with Crippen LogP contribution < -0.4 is 5.43 Å². The van der Waals surface area contributed by atoms with Gasteiger partial charge >= 0.3 is 0 Å². The first-order valence-electron chi connectivity index (χ1n) is 5.26. The quantitative estimate of drug-likeness (QED) is 0.386. The van der Waals surface area contributed by atoms with Gasteiger partial charge in [-0.1, -0.05) is 18.2 Å².